The van der Waals surface area contributed by atoms with Gasteiger partial charge in [-0.2, -0.15) is 9.41 Å². The smallest absolute Gasteiger partial charge is 0.255 e. The summed E-state index contributed by atoms with van der Waals surface area (Å²) in [5.41, 5.74) is 2.93. The minimum atomic E-state index is -3.84. The molecule has 0 radical (unpaired) electrons. The van der Waals surface area contributed by atoms with Gasteiger partial charge in [0, 0.05) is 12.6 Å². The van der Waals surface area contributed by atoms with Crippen LogP contribution in [-0.2, 0) is 14.8 Å². The first-order valence-electron chi connectivity index (χ1n) is 9.34. The Labute approximate surface area is 181 Å². The van der Waals surface area contributed by atoms with Crippen molar-refractivity contribution in [3.8, 4) is 11.5 Å². The number of benzene rings is 3. The molecule has 0 heterocycles. The molecule has 0 aliphatic carbocycles. The first-order chi connectivity index (χ1) is 14.8. The molecule has 9 heteroatoms. The summed E-state index contributed by atoms with van der Waals surface area (Å²) in [5, 5.41) is 5.63. The summed E-state index contributed by atoms with van der Waals surface area (Å²) in [4.78, 5) is 12.3. The number of ether oxygens (including phenoxy) is 2. The zero-order chi connectivity index (χ0) is 22.4. The van der Waals surface area contributed by atoms with Gasteiger partial charge in [-0.25, -0.2) is 13.8 Å². The topological polar surface area (TPSA) is 97.3 Å². The maximum atomic E-state index is 12.8. The molecule has 8 nitrogen and oxygen atoms in total. The van der Waals surface area contributed by atoms with Gasteiger partial charge in [-0.05, 0) is 41.1 Å². The maximum Gasteiger partial charge on any atom is 0.255 e. The van der Waals surface area contributed by atoms with Crippen molar-refractivity contribution in [2.45, 2.75) is 4.90 Å². The zero-order valence-corrected chi connectivity index (χ0v) is 18.2. The second-order valence-corrected chi connectivity index (χ2v) is 8.72. The average molecular weight is 442 g/mol. The Morgan fingerprint density at radius 3 is 2.48 bits per heavy atom. The number of sulfonamides is 1. The fraction of sp³-hybridized carbons (Fsp3) is 0.182. The number of carbonyl (C=O) groups is 1. The van der Waals surface area contributed by atoms with Crippen LogP contribution in [0.3, 0.4) is 0 Å². The minimum Gasteiger partial charge on any atom is -0.497 e. The molecular formula is C22H23N3O5S. The summed E-state index contributed by atoms with van der Waals surface area (Å²) >= 11 is 0. The molecule has 3 aromatic rings. The number of fused-ring (bicyclic) bond motifs is 1. The zero-order valence-electron chi connectivity index (χ0n) is 17.4. The molecule has 31 heavy (non-hydrogen) atoms. The second-order valence-electron chi connectivity index (χ2n) is 6.67. The summed E-state index contributed by atoms with van der Waals surface area (Å²) < 4.78 is 37.1. The van der Waals surface area contributed by atoms with Crippen molar-refractivity contribution in [3.05, 3.63) is 66.2 Å². The van der Waals surface area contributed by atoms with Crippen LogP contribution in [0.4, 0.5) is 0 Å². The van der Waals surface area contributed by atoms with E-state index in [2.05, 4.69) is 10.5 Å². The van der Waals surface area contributed by atoms with E-state index in [1.165, 1.54) is 33.5 Å². The van der Waals surface area contributed by atoms with Gasteiger partial charge in [0.15, 0.2) is 0 Å². The van der Waals surface area contributed by atoms with Crippen molar-refractivity contribution < 1.29 is 22.7 Å². The molecule has 0 aromatic heterocycles. The van der Waals surface area contributed by atoms with E-state index in [0.29, 0.717) is 17.1 Å². The molecule has 0 fully saturated rings. The highest BCUT2D eigenvalue weighted by atomic mass is 32.2. The average Bonchev–Trinajstić information content (AvgIpc) is 2.78. The summed E-state index contributed by atoms with van der Waals surface area (Å²) in [5.74, 6) is 0.578. The predicted octanol–water partition coefficient (Wildman–Crippen LogP) is 2.63. The fourth-order valence-corrected chi connectivity index (χ4v) is 4.11. The summed E-state index contributed by atoms with van der Waals surface area (Å²) in [6.07, 6.45) is 1.40. The van der Waals surface area contributed by atoms with Crippen molar-refractivity contribution in [1.29, 1.82) is 0 Å². The first kappa shape index (κ1) is 22.3. The number of methoxy groups -OCH3 is 2. The van der Waals surface area contributed by atoms with Crippen LogP contribution in [0.15, 0.2) is 70.7 Å². The third-order valence-electron chi connectivity index (χ3n) is 4.63. The number of carbonyl (C=O) groups excluding carboxylic acids is 1. The number of hydrazone groups is 1. The van der Waals surface area contributed by atoms with Gasteiger partial charge >= 0.3 is 0 Å². The van der Waals surface area contributed by atoms with Crippen molar-refractivity contribution in [3.63, 3.8) is 0 Å². The van der Waals surface area contributed by atoms with E-state index in [1.807, 2.05) is 24.3 Å². The van der Waals surface area contributed by atoms with Crippen LogP contribution >= 0.6 is 0 Å². The Morgan fingerprint density at radius 2 is 1.77 bits per heavy atom. The number of rotatable bonds is 8. The van der Waals surface area contributed by atoms with Crippen LogP contribution in [0.2, 0.25) is 0 Å². The number of hydrogen-bond donors (Lipinski definition) is 1. The number of hydrogen-bond acceptors (Lipinski definition) is 6. The first-order valence-corrected chi connectivity index (χ1v) is 10.8. The maximum absolute atomic E-state index is 12.8. The van der Waals surface area contributed by atoms with E-state index in [-0.39, 0.29) is 11.4 Å². The molecule has 0 spiro atoms. The van der Waals surface area contributed by atoms with Crippen LogP contribution in [0.1, 0.15) is 5.56 Å². The highest BCUT2D eigenvalue weighted by Crippen LogP contribution is 2.22. The lowest BCUT2D eigenvalue weighted by Gasteiger charge is -2.16. The number of nitrogens with one attached hydrogen (secondary N) is 1. The molecule has 0 bridgehead atoms. The summed E-state index contributed by atoms with van der Waals surface area (Å²) in [6, 6.07) is 17.5. The SMILES string of the molecule is COc1ccc(OC)c(/C=N/NC(=O)CN(C)S(=O)(=O)c2ccc3ccccc3c2)c1. The molecule has 1 amide bonds. The highest BCUT2D eigenvalue weighted by molar-refractivity contribution is 7.89. The Balaban J connectivity index is 1.67. The summed E-state index contributed by atoms with van der Waals surface area (Å²) in [6.45, 7) is -0.387. The molecule has 162 valence electrons. The van der Waals surface area contributed by atoms with Crippen LogP contribution in [0.5, 0.6) is 11.5 Å². The normalized spacial score (nSPS) is 11.7. The molecule has 0 aliphatic heterocycles. The molecule has 0 unspecified atom stereocenters. The molecule has 0 saturated carbocycles. The second kappa shape index (κ2) is 9.59. The van der Waals surface area contributed by atoms with Crippen molar-refractivity contribution in [1.82, 2.24) is 9.73 Å². The van der Waals surface area contributed by atoms with Crippen LogP contribution < -0.4 is 14.9 Å². The van der Waals surface area contributed by atoms with Crippen molar-refractivity contribution in [2.24, 2.45) is 5.10 Å². The van der Waals surface area contributed by atoms with Crippen LogP contribution in [0.25, 0.3) is 10.8 Å². The molecular weight excluding hydrogens is 418 g/mol. The monoisotopic (exact) mass is 441 g/mol. The van der Waals surface area contributed by atoms with Gasteiger partial charge in [0.1, 0.15) is 11.5 Å². The van der Waals surface area contributed by atoms with Gasteiger partial charge in [-0.3, -0.25) is 4.79 Å². The van der Waals surface area contributed by atoms with E-state index in [4.69, 9.17) is 9.47 Å². The molecule has 3 rings (SSSR count). The standard InChI is InChI=1S/C22H23N3O5S/c1-25(31(27,28)20-10-8-16-6-4-5-7-17(16)13-20)15-22(26)24-23-14-18-12-19(29-2)9-11-21(18)30-3/h4-14H,15H2,1-3H3,(H,24,26)/b23-14+. The van der Waals surface area contributed by atoms with Gasteiger partial charge in [-0.15, -0.1) is 0 Å². The Morgan fingerprint density at radius 1 is 1.03 bits per heavy atom. The third kappa shape index (κ3) is 5.19. The van der Waals surface area contributed by atoms with Crippen LogP contribution in [-0.4, -0.2) is 52.7 Å². The largest absolute Gasteiger partial charge is 0.497 e. The fourth-order valence-electron chi connectivity index (χ4n) is 2.94. The van der Waals surface area contributed by atoms with Crippen LogP contribution in [0, 0.1) is 0 Å². The lowest BCUT2D eigenvalue weighted by Crippen LogP contribution is -2.36. The van der Waals surface area contributed by atoms with Crippen molar-refractivity contribution >= 4 is 32.9 Å². The van der Waals surface area contributed by atoms with Gasteiger partial charge in [0.25, 0.3) is 5.91 Å². The molecule has 0 aliphatic rings. The quantitative estimate of drug-likeness (QED) is 0.428. The Bertz CT molecular complexity index is 1220. The summed E-state index contributed by atoms with van der Waals surface area (Å²) in [7, 11) is 0.564. The van der Waals surface area contributed by atoms with Gasteiger partial charge < -0.3 is 9.47 Å². The molecule has 3 aromatic carbocycles. The number of likely N-dealkylation sites (N-methyl/N-ethyl adjacent to an activating group) is 1. The third-order valence-corrected chi connectivity index (χ3v) is 6.42. The van der Waals surface area contributed by atoms with Gasteiger partial charge in [0.05, 0.1) is 31.9 Å². The lowest BCUT2D eigenvalue weighted by molar-refractivity contribution is -0.121. The Hall–Kier alpha value is -3.43. The Kier molecular flexibility index (Phi) is 6.88. The van der Waals surface area contributed by atoms with Crippen molar-refractivity contribution in [2.75, 3.05) is 27.8 Å². The molecule has 1 N–H and O–H groups in total. The van der Waals surface area contributed by atoms with E-state index in [0.717, 1.165) is 15.1 Å². The highest BCUT2D eigenvalue weighted by Gasteiger charge is 2.23. The van der Waals surface area contributed by atoms with E-state index < -0.39 is 15.9 Å². The van der Waals surface area contributed by atoms with E-state index in [1.54, 1.807) is 30.3 Å². The number of amides is 1. The minimum absolute atomic E-state index is 0.117. The molecule has 0 saturated heterocycles. The molecule has 0 atom stereocenters. The van der Waals surface area contributed by atoms with E-state index >= 15 is 0 Å². The van der Waals surface area contributed by atoms with Gasteiger partial charge in [-0.1, -0.05) is 30.3 Å². The predicted molar refractivity (Wildman–Crippen MR) is 119 cm³/mol. The van der Waals surface area contributed by atoms with Gasteiger partial charge in [0.2, 0.25) is 10.0 Å². The van der Waals surface area contributed by atoms with E-state index in [9.17, 15) is 13.2 Å². The lowest BCUT2D eigenvalue weighted by atomic mass is 10.1. The number of nitrogens with zero attached hydrogens (tertiary/aromatic N) is 2.